The third-order valence-corrected chi connectivity index (χ3v) is 6.38. The van der Waals surface area contributed by atoms with Gasteiger partial charge in [0.05, 0.1) is 34.1 Å². The van der Waals surface area contributed by atoms with Crippen LogP contribution in [0.3, 0.4) is 0 Å². The molecule has 0 saturated heterocycles. The summed E-state index contributed by atoms with van der Waals surface area (Å²) in [7, 11) is 0. The Balaban J connectivity index is 1.82. The molecule has 0 radical (unpaired) electrons. The van der Waals surface area contributed by atoms with Gasteiger partial charge in [-0.1, -0.05) is 23.8 Å². The maximum Gasteiger partial charge on any atom is 0.166 e. The molecule has 4 heterocycles. The molecular weight excluding hydrogens is 408 g/mol. The lowest BCUT2D eigenvalue weighted by atomic mass is 9.97. The average Bonchev–Trinajstić information content (AvgIpc) is 3.32. The summed E-state index contributed by atoms with van der Waals surface area (Å²) in [6.07, 6.45) is 3.07. The predicted octanol–water partition coefficient (Wildman–Crippen LogP) is 4.64. The van der Waals surface area contributed by atoms with Crippen LogP contribution in [-0.4, -0.2) is 19.5 Å². The quantitative estimate of drug-likeness (QED) is 0.438. The molecule has 1 aliphatic rings. The van der Waals surface area contributed by atoms with Crippen molar-refractivity contribution in [1.29, 1.82) is 5.26 Å². The van der Waals surface area contributed by atoms with Gasteiger partial charge in [-0.15, -0.1) is 11.3 Å². The van der Waals surface area contributed by atoms with Crippen LogP contribution >= 0.6 is 11.3 Å². The first-order valence-electron chi connectivity index (χ1n) is 9.89. The molecule has 0 amide bonds. The molecule has 5 rings (SSSR count). The SMILES string of the molecule is Cc1ccc2c(c1)C(C)Oc1cc(cnc1N)-c1c(C#N)ncn1Cc1sc(C)nc1-2. The van der Waals surface area contributed by atoms with Crippen molar-refractivity contribution in [1.82, 2.24) is 19.5 Å². The Bertz CT molecular complexity index is 1360. The summed E-state index contributed by atoms with van der Waals surface area (Å²) in [5.41, 5.74) is 12.0. The summed E-state index contributed by atoms with van der Waals surface area (Å²) in [5.74, 6) is 0.779. The molecule has 2 bridgehead atoms. The highest BCUT2D eigenvalue weighted by Gasteiger charge is 2.24. The Kier molecular flexibility index (Phi) is 4.49. The number of anilines is 1. The molecule has 0 aliphatic carbocycles. The number of nitrogen functional groups attached to an aromatic ring is 1. The third-order valence-electron chi connectivity index (χ3n) is 5.42. The van der Waals surface area contributed by atoms with Gasteiger partial charge >= 0.3 is 0 Å². The number of ether oxygens (including phenoxy) is 1. The van der Waals surface area contributed by atoms with E-state index in [1.165, 1.54) is 0 Å². The number of hydrogen-bond donors (Lipinski definition) is 1. The fourth-order valence-electron chi connectivity index (χ4n) is 4.00. The van der Waals surface area contributed by atoms with E-state index < -0.39 is 0 Å². The van der Waals surface area contributed by atoms with Crippen molar-refractivity contribution in [2.75, 3.05) is 5.73 Å². The monoisotopic (exact) mass is 428 g/mol. The Hall–Kier alpha value is -3.70. The molecule has 1 unspecified atom stereocenters. The fraction of sp³-hybridized carbons (Fsp3) is 0.217. The Morgan fingerprint density at radius 3 is 2.90 bits per heavy atom. The predicted molar refractivity (Wildman–Crippen MR) is 120 cm³/mol. The molecule has 0 spiro atoms. The van der Waals surface area contributed by atoms with Crippen molar-refractivity contribution in [2.45, 2.75) is 33.4 Å². The number of aromatic nitrogens is 4. The fourth-order valence-corrected chi connectivity index (χ4v) is 4.94. The van der Waals surface area contributed by atoms with Crippen LogP contribution in [0.5, 0.6) is 5.75 Å². The highest BCUT2D eigenvalue weighted by Crippen LogP contribution is 2.39. The van der Waals surface area contributed by atoms with E-state index in [1.807, 2.05) is 24.5 Å². The van der Waals surface area contributed by atoms with Crippen molar-refractivity contribution in [3.05, 3.63) is 63.5 Å². The van der Waals surface area contributed by atoms with Crippen molar-refractivity contribution in [3.8, 4) is 34.3 Å². The lowest BCUT2D eigenvalue weighted by molar-refractivity contribution is 0.228. The molecular formula is C23H20N6OS. The van der Waals surface area contributed by atoms with Gasteiger partial charge in [0.2, 0.25) is 0 Å². The minimum Gasteiger partial charge on any atom is -0.482 e. The molecule has 3 aromatic heterocycles. The number of benzene rings is 1. The Morgan fingerprint density at radius 2 is 2.10 bits per heavy atom. The molecule has 0 saturated carbocycles. The molecule has 0 fully saturated rings. The first-order valence-corrected chi connectivity index (χ1v) is 10.7. The number of thiazole rings is 1. The van der Waals surface area contributed by atoms with E-state index in [-0.39, 0.29) is 6.10 Å². The van der Waals surface area contributed by atoms with E-state index in [2.05, 4.69) is 41.2 Å². The molecule has 1 atom stereocenters. The molecule has 2 N–H and O–H groups in total. The third kappa shape index (κ3) is 3.23. The van der Waals surface area contributed by atoms with E-state index in [0.29, 0.717) is 29.5 Å². The van der Waals surface area contributed by atoms with Crippen molar-refractivity contribution in [2.24, 2.45) is 0 Å². The summed E-state index contributed by atoms with van der Waals surface area (Å²) >= 11 is 1.65. The van der Waals surface area contributed by atoms with Gasteiger partial charge in [0.15, 0.2) is 17.3 Å². The molecule has 7 nitrogen and oxygen atoms in total. The number of aryl methyl sites for hydroxylation is 2. The first-order chi connectivity index (χ1) is 14.9. The first kappa shape index (κ1) is 19.3. The van der Waals surface area contributed by atoms with E-state index in [4.69, 9.17) is 15.5 Å². The highest BCUT2D eigenvalue weighted by molar-refractivity contribution is 7.12. The van der Waals surface area contributed by atoms with Crippen LogP contribution in [0.1, 0.15) is 39.7 Å². The second-order valence-electron chi connectivity index (χ2n) is 7.64. The number of rotatable bonds is 0. The second-order valence-corrected chi connectivity index (χ2v) is 8.93. The van der Waals surface area contributed by atoms with Gasteiger partial charge in [0.25, 0.3) is 0 Å². The van der Waals surface area contributed by atoms with Crippen molar-refractivity contribution in [3.63, 3.8) is 0 Å². The van der Waals surface area contributed by atoms with Gasteiger partial charge in [0.1, 0.15) is 12.2 Å². The standard InChI is InChI=1S/C23H20N6OS/c1-12-4-5-16-17(6-12)13(2)30-19-7-15(9-26-23(19)25)22-18(8-24)27-11-29(22)10-20-21(16)28-14(3)31-20/h4-7,9,11,13H,10H2,1-3H3,(H2,25,26). The van der Waals surface area contributed by atoms with Crippen molar-refractivity contribution >= 4 is 17.2 Å². The van der Waals surface area contributed by atoms with E-state index in [9.17, 15) is 5.26 Å². The van der Waals surface area contributed by atoms with Gasteiger partial charge < -0.3 is 15.0 Å². The van der Waals surface area contributed by atoms with Crippen LogP contribution < -0.4 is 10.5 Å². The number of hydrogen-bond acceptors (Lipinski definition) is 7. The van der Waals surface area contributed by atoms with Gasteiger partial charge in [-0.25, -0.2) is 15.0 Å². The molecule has 31 heavy (non-hydrogen) atoms. The molecule has 154 valence electrons. The van der Waals surface area contributed by atoms with Crippen LogP contribution in [0.15, 0.2) is 36.8 Å². The minimum atomic E-state index is -0.274. The molecule has 4 aromatic rings. The smallest absolute Gasteiger partial charge is 0.166 e. The lowest BCUT2D eigenvalue weighted by Crippen LogP contribution is -2.10. The van der Waals surface area contributed by atoms with E-state index >= 15 is 0 Å². The van der Waals surface area contributed by atoms with E-state index in [0.717, 1.165) is 37.8 Å². The maximum absolute atomic E-state index is 9.64. The van der Waals surface area contributed by atoms with Crippen LogP contribution in [0.4, 0.5) is 5.82 Å². The number of nitriles is 1. The molecule has 1 aliphatic heterocycles. The van der Waals surface area contributed by atoms with Crippen LogP contribution in [0, 0.1) is 25.2 Å². The number of nitrogens with zero attached hydrogens (tertiary/aromatic N) is 5. The maximum atomic E-state index is 9.64. The largest absolute Gasteiger partial charge is 0.482 e. The molecule has 1 aromatic carbocycles. The summed E-state index contributed by atoms with van der Waals surface area (Å²) in [6.45, 7) is 6.62. The van der Waals surface area contributed by atoms with Crippen LogP contribution in [-0.2, 0) is 6.54 Å². The number of pyridine rings is 1. The Labute approximate surface area is 183 Å². The zero-order valence-corrected chi connectivity index (χ0v) is 18.2. The summed E-state index contributed by atoms with van der Waals surface area (Å²) < 4.78 is 8.27. The summed E-state index contributed by atoms with van der Waals surface area (Å²) in [6, 6.07) is 10.3. The van der Waals surface area contributed by atoms with Gasteiger partial charge in [-0.2, -0.15) is 5.26 Å². The Morgan fingerprint density at radius 1 is 1.26 bits per heavy atom. The summed E-state index contributed by atoms with van der Waals surface area (Å²) in [5, 5.41) is 10.6. The average molecular weight is 429 g/mol. The van der Waals surface area contributed by atoms with Gasteiger partial charge in [-0.05, 0) is 26.8 Å². The van der Waals surface area contributed by atoms with Gasteiger partial charge in [-0.3, -0.25) is 0 Å². The molecule has 8 heteroatoms. The number of nitrogens with two attached hydrogens (primary N) is 1. The second kappa shape index (κ2) is 7.22. The zero-order valence-electron chi connectivity index (χ0n) is 17.4. The van der Waals surface area contributed by atoms with Crippen LogP contribution in [0.2, 0.25) is 0 Å². The number of fused-ring (bicyclic) bond motifs is 7. The minimum absolute atomic E-state index is 0.274. The van der Waals surface area contributed by atoms with E-state index in [1.54, 1.807) is 23.9 Å². The zero-order chi connectivity index (χ0) is 21.7. The number of imidazole rings is 1. The van der Waals surface area contributed by atoms with Crippen LogP contribution in [0.25, 0.3) is 22.5 Å². The van der Waals surface area contributed by atoms with Gasteiger partial charge in [0, 0.05) is 22.9 Å². The highest BCUT2D eigenvalue weighted by atomic mass is 32.1. The lowest BCUT2D eigenvalue weighted by Gasteiger charge is -2.21. The normalized spacial score (nSPS) is 14.8. The summed E-state index contributed by atoms with van der Waals surface area (Å²) in [4.78, 5) is 14.6. The van der Waals surface area contributed by atoms with Crippen molar-refractivity contribution < 1.29 is 4.74 Å². The topological polar surface area (TPSA) is 103 Å².